The lowest BCUT2D eigenvalue weighted by Gasteiger charge is -2.34. The molecule has 10 heteroatoms. The van der Waals surface area contributed by atoms with Gasteiger partial charge >= 0.3 is 0 Å². The summed E-state index contributed by atoms with van der Waals surface area (Å²) in [5, 5.41) is 6.27. The quantitative estimate of drug-likeness (QED) is 0.312. The molecule has 2 heterocycles. The van der Waals surface area contributed by atoms with Gasteiger partial charge < -0.3 is 15.5 Å². The molecule has 164 valence electrons. The smallest absolute Gasteiger partial charge is 0.215 e. The van der Waals surface area contributed by atoms with E-state index in [-0.39, 0.29) is 29.7 Å². The fraction of sp³-hybridized carbons (Fsp3) is 0.400. The van der Waals surface area contributed by atoms with Crippen molar-refractivity contribution in [3.63, 3.8) is 0 Å². The van der Waals surface area contributed by atoms with E-state index in [4.69, 9.17) is 0 Å². The van der Waals surface area contributed by atoms with Gasteiger partial charge in [0.1, 0.15) is 5.82 Å². The Morgan fingerprint density at radius 1 is 1.03 bits per heavy atom. The van der Waals surface area contributed by atoms with E-state index < -0.39 is 10.0 Å². The van der Waals surface area contributed by atoms with E-state index in [2.05, 4.69) is 25.5 Å². The standard InChI is InChI=1S/C20H28N6O2S.HI/c1-21-20(24-17-18-7-3-2-4-8-18)23-11-16-29(27,28)26-14-12-25(13-15-26)19-9-5-6-10-22-19;/h2-10H,11-17H2,1H3,(H2,21,23,24);1H. The lowest BCUT2D eigenvalue weighted by molar-refractivity contribution is 0.384. The van der Waals surface area contributed by atoms with Crippen molar-refractivity contribution in [3.05, 3.63) is 60.3 Å². The largest absolute Gasteiger partial charge is 0.355 e. The van der Waals surface area contributed by atoms with Crippen LogP contribution in [0.2, 0.25) is 0 Å². The Bertz CT molecular complexity index is 888. The maximum Gasteiger partial charge on any atom is 0.215 e. The number of piperazine rings is 1. The van der Waals surface area contributed by atoms with Gasteiger partial charge in [-0.25, -0.2) is 13.4 Å². The summed E-state index contributed by atoms with van der Waals surface area (Å²) >= 11 is 0. The van der Waals surface area contributed by atoms with E-state index in [1.165, 1.54) is 0 Å². The Morgan fingerprint density at radius 3 is 2.37 bits per heavy atom. The number of benzene rings is 1. The molecular weight excluding hydrogens is 515 g/mol. The minimum absolute atomic E-state index is 0. The molecule has 0 atom stereocenters. The highest BCUT2D eigenvalue weighted by molar-refractivity contribution is 14.0. The number of nitrogens with one attached hydrogen (secondary N) is 2. The number of sulfonamides is 1. The molecule has 30 heavy (non-hydrogen) atoms. The van der Waals surface area contributed by atoms with Crippen molar-refractivity contribution < 1.29 is 8.42 Å². The van der Waals surface area contributed by atoms with Gasteiger partial charge in [-0.15, -0.1) is 24.0 Å². The van der Waals surface area contributed by atoms with Crippen molar-refractivity contribution in [2.24, 2.45) is 4.99 Å². The zero-order valence-corrected chi connectivity index (χ0v) is 20.2. The predicted molar refractivity (Wildman–Crippen MR) is 132 cm³/mol. The number of halogens is 1. The van der Waals surface area contributed by atoms with Gasteiger partial charge in [0.05, 0.1) is 5.75 Å². The molecule has 0 radical (unpaired) electrons. The van der Waals surface area contributed by atoms with Crippen LogP contribution in [0.3, 0.4) is 0 Å². The number of hydrogen-bond acceptors (Lipinski definition) is 5. The van der Waals surface area contributed by atoms with Gasteiger partial charge in [0.25, 0.3) is 0 Å². The predicted octanol–water partition coefficient (Wildman–Crippen LogP) is 1.52. The molecule has 0 saturated carbocycles. The van der Waals surface area contributed by atoms with Crippen LogP contribution in [-0.4, -0.2) is 69.2 Å². The third-order valence-corrected chi connectivity index (χ3v) is 6.66. The number of guanidine groups is 1. The van der Waals surface area contributed by atoms with E-state index in [9.17, 15) is 8.42 Å². The second-order valence-corrected chi connectivity index (χ2v) is 8.82. The highest BCUT2D eigenvalue weighted by Crippen LogP contribution is 2.14. The van der Waals surface area contributed by atoms with E-state index in [1.54, 1.807) is 17.5 Å². The molecule has 3 rings (SSSR count). The van der Waals surface area contributed by atoms with Crippen LogP contribution in [0.1, 0.15) is 5.56 Å². The third kappa shape index (κ3) is 7.10. The number of aliphatic imine (C=N–C) groups is 1. The van der Waals surface area contributed by atoms with Crippen LogP contribution < -0.4 is 15.5 Å². The zero-order valence-electron chi connectivity index (χ0n) is 17.1. The molecule has 1 fully saturated rings. The van der Waals surface area contributed by atoms with Gasteiger partial charge in [-0.05, 0) is 17.7 Å². The molecule has 2 aromatic rings. The molecular formula is C20H29IN6O2S. The third-order valence-electron chi connectivity index (χ3n) is 4.78. The first-order valence-electron chi connectivity index (χ1n) is 9.71. The van der Waals surface area contributed by atoms with Gasteiger partial charge in [0.15, 0.2) is 5.96 Å². The van der Waals surface area contributed by atoms with E-state index in [0.29, 0.717) is 45.2 Å². The maximum atomic E-state index is 12.7. The molecule has 1 aliphatic heterocycles. The summed E-state index contributed by atoms with van der Waals surface area (Å²) < 4.78 is 26.9. The van der Waals surface area contributed by atoms with Gasteiger partial charge in [-0.1, -0.05) is 36.4 Å². The van der Waals surface area contributed by atoms with Gasteiger partial charge in [0.2, 0.25) is 10.0 Å². The molecule has 1 aliphatic rings. The molecule has 2 N–H and O–H groups in total. The van der Waals surface area contributed by atoms with E-state index >= 15 is 0 Å². The summed E-state index contributed by atoms with van der Waals surface area (Å²) in [5.74, 6) is 1.51. The van der Waals surface area contributed by atoms with Crippen LogP contribution in [0.15, 0.2) is 59.7 Å². The average Bonchev–Trinajstić information content (AvgIpc) is 2.77. The Balaban J connectivity index is 0.00000320. The number of aromatic nitrogens is 1. The summed E-state index contributed by atoms with van der Waals surface area (Å²) in [6, 6.07) is 15.7. The van der Waals surface area contributed by atoms with Crippen molar-refractivity contribution in [2.45, 2.75) is 6.54 Å². The summed E-state index contributed by atoms with van der Waals surface area (Å²) in [7, 11) is -1.65. The molecule has 0 spiro atoms. The number of pyridine rings is 1. The van der Waals surface area contributed by atoms with Crippen LogP contribution in [0.25, 0.3) is 0 Å². The topological polar surface area (TPSA) is 89.9 Å². The first-order valence-corrected chi connectivity index (χ1v) is 11.3. The first kappa shape index (κ1) is 24.4. The highest BCUT2D eigenvalue weighted by Gasteiger charge is 2.27. The maximum absolute atomic E-state index is 12.7. The highest BCUT2D eigenvalue weighted by atomic mass is 127. The second-order valence-electron chi connectivity index (χ2n) is 6.73. The Hall–Kier alpha value is -1.92. The zero-order chi connectivity index (χ0) is 20.5. The van der Waals surface area contributed by atoms with Crippen LogP contribution in [-0.2, 0) is 16.6 Å². The fourth-order valence-electron chi connectivity index (χ4n) is 3.17. The Kier molecular flexibility index (Phi) is 9.79. The SMILES string of the molecule is CN=C(NCCS(=O)(=O)N1CCN(c2ccccn2)CC1)NCc1ccccc1.I. The minimum atomic E-state index is -3.32. The van der Waals surface area contributed by atoms with Crippen LogP contribution in [0.4, 0.5) is 5.82 Å². The van der Waals surface area contributed by atoms with Crippen molar-refractivity contribution >= 4 is 45.8 Å². The minimum Gasteiger partial charge on any atom is -0.355 e. The summed E-state index contributed by atoms with van der Waals surface area (Å²) in [5.41, 5.74) is 1.13. The summed E-state index contributed by atoms with van der Waals surface area (Å²) in [6.45, 7) is 3.16. The number of rotatable bonds is 7. The van der Waals surface area contributed by atoms with Gasteiger partial charge in [-0.3, -0.25) is 4.99 Å². The molecule has 0 unspecified atom stereocenters. The molecule has 0 bridgehead atoms. The molecule has 0 amide bonds. The van der Waals surface area contributed by atoms with Crippen LogP contribution in [0, 0.1) is 0 Å². The summed E-state index contributed by atoms with van der Waals surface area (Å²) in [6.07, 6.45) is 1.75. The van der Waals surface area contributed by atoms with Gasteiger partial charge in [0, 0.05) is 52.5 Å². The normalized spacial score (nSPS) is 15.4. The average molecular weight is 544 g/mol. The lowest BCUT2D eigenvalue weighted by Crippen LogP contribution is -2.50. The Labute approximate surface area is 195 Å². The monoisotopic (exact) mass is 544 g/mol. The number of anilines is 1. The van der Waals surface area contributed by atoms with Crippen molar-refractivity contribution in [3.8, 4) is 0 Å². The van der Waals surface area contributed by atoms with E-state index in [1.807, 2.05) is 48.5 Å². The molecule has 0 aliphatic carbocycles. The fourth-order valence-corrected chi connectivity index (χ4v) is 4.50. The number of hydrogen-bond donors (Lipinski definition) is 2. The van der Waals surface area contributed by atoms with Crippen LogP contribution >= 0.6 is 24.0 Å². The molecule has 8 nitrogen and oxygen atoms in total. The second kappa shape index (κ2) is 12.1. The Morgan fingerprint density at radius 2 is 1.73 bits per heavy atom. The first-order chi connectivity index (χ1) is 14.1. The van der Waals surface area contributed by atoms with Crippen molar-refractivity contribution in [2.75, 3.05) is 50.4 Å². The molecule has 1 aromatic heterocycles. The summed E-state index contributed by atoms with van der Waals surface area (Å²) in [4.78, 5) is 10.6. The number of nitrogens with zero attached hydrogens (tertiary/aromatic N) is 4. The van der Waals surface area contributed by atoms with Crippen LogP contribution in [0.5, 0.6) is 0 Å². The molecule has 1 saturated heterocycles. The van der Waals surface area contributed by atoms with Crippen molar-refractivity contribution in [1.29, 1.82) is 0 Å². The van der Waals surface area contributed by atoms with Gasteiger partial charge in [-0.2, -0.15) is 4.31 Å². The lowest BCUT2D eigenvalue weighted by atomic mass is 10.2. The van der Waals surface area contributed by atoms with Crippen molar-refractivity contribution in [1.82, 2.24) is 19.9 Å². The molecule has 1 aromatic carbocycles. The van der Waals surface area contributed by atoms with E-state index in [0.717, 1.165) is 11.4 Å².